The molecule has 0 spiro atoms. The number of hydrazine groups is 1. The Labute approximate surface area is 133 Å². The Morgan fingerprint density at radius 1 is 1.04 bits per heavy atom. The Morgan fingerprint density at radius 3 is 1.88 bits per heavy atom. The average Bonchev–Trinajstić information content (AvgIpc) is 2.48. The molecule has 0 saturated carbocycles. The van der Waals surface area contributed by atoms with Crippen molar-refractivity contribution in [3.8, 4) is 0 Å². The van der Waals surface area contributed by atoms with Crippen LogP contribution in [0.4, 0.5) is 30.2 Å². The molecule has 132 valence electrons. The summed E-state index contributed by atoms with van der Waals surface area (Å²) >= 11 is 0. The van der Waals surface area contributed by atoms with Gasteiger partial charge in [-0.3, -0.25) is 20.2 Å². The van der Waals surface area contributed by atoms with E-state index in [4.69, 9.17) is 0 Å². The fourth-order valence-electron chi connectivity index (χ4n) is 2.25. The van der Waals surface area contributed by atoms with Gasteiger partial charge < -0.3 is 10.3 Å². The molecule has 2 rings (SSSR count). The van der Waals surface area contributed by atoms with Crippen LogP contribution in [0.5, 0.6) is 0 Å². The van der Waals surface area contributed by atoms with Crippen LogP contribution in [-0.2, 0) is 6.18 Å². The lowest BCUT2D eigenvalue weighted by atomic mass is 10.1. The first kappa shape index (κ1) is 17.9. The minimum absolute atomic E-state index is 0.297. The summed E-state index contributed by atoms with van der Waals surface area (Å²) < 4.78 is 38.5. The summed E-state index contributed by atoms with van der Waals surface area (Å²) in [6, 6.07) is 0.594. The molecular formula is C12H14F3N5O4. The van der Waals surface area contributed by atoms with Gasteiger partial charge in [-0.1, -0.05) is 0 Å². The van der Waals surface area contributed by atoms with Gasteiger partial charge in [-0.25, -0.2) is 5.01 Å². The van der Waals surface area contributed by atoms with Gasteiger partial charge in [-0.2, -0.15) is 13.2 Å². The van der Waals surface area contributed by atoms with E-state index in [-0.39, 0.29) is 0 Å². The van der Waals surface area contributed by atoms with Gasteiger partial charge in [0, 0.05) is 38.3 Å². The van der Waals surface area contributed by atoms with Crippen LogP contribution in [0.3, 0.4) is 0 Å². The number of piperazine rings is 1. The van der Waals surface area contributed by atoms with Gasteiger partial charge in [-0.05, 0) is 7.05 Å². The lowest BCUT2D eigenvalue weighted by Gasteiger charge is -2.32. The molecule has 24 heavy (non-hydrogen) atoms. The number of rotatable bonds is 4. The minimum Gasteiger partial charge on any atom is -0.307 e. The van der Waals surface area contributed by atoms with Crippen molar-refractivity contribution in [2.75, 3.05) is 38.7 Å². The van der Waals surface area contributed by atoms with Crippen LogP contribution in [0.1, 0.15) is 5.56 Å². The van der Waals surface area contributed by atoms with Crippen LogP contribution in [0.25, 0.3) is 0 Å². The standard InChI is InChI=1S/C12H14F3N5O4/c1-17-2-4-18(5-3-17)16-11-9(19(21)22)6-8(12(13,14)15)7-10(11)20(23)24/h6-7,16H,2-5H2,1H3. The summed E-state index contributed by atoms with van der Waals surface area (Å²) in [6.07, 6.45) is -4.93. The number of hydrogen-bond donors (Lipinski definition) is 1. The predicted octanol–water partition coefficient (Wildman–Crippen LogP) is 2.10. The molecule has 0 unspecified atom stereocenters. The topological polar surface area (TPSA) is 105 Å². The molecule has 0 aliphatic carbocycles. The monoisotopic (exact) mass is 349 g/mol. The highest BCUT2D eigenvalue weighted by molar-refractivity contribution is 5.74. The van der Waals surface area contributed by atoms with Crippen LogP contribution in [0.15, 0.2) is 12.1 Å². The van der Waals surface area contributed by atoms with Crippen molar-refractivity contribution >= 4 is 17.1 Å². The minimum atomic E-state index is -4.93. The number of nitro groups is 2. The van der Waals surface area contributed by atoms with E-state index in [1.807, 2.05) is 11.9 Å². The van der Waals surface area contributed by atoms with Crippen LogP contribution in [-0.4, -0.2) is 53.0 Å². The van der Waals surface area contributed by atoms with Crippen molar-refractivity contribution in [3.05, 3.63) is 37.9 Å². The second-order valence-electron chi connectivity index (χ2n) is 5.30. The summed E-state index contributed by atoms with van der Waals surface area (Å²) in [7, 11) is 1.86. The molecule has 12 heteroatoms. The van der Waals surface area contributed by atoms with E-state index >= 15 is 0 Å². The smallest absolute Gasteiger partial charge is 0.307 e. The third-order valence-electron chi connectivity index (χ3n) is 3.59. The summed E-state index contributed by atoms with van der Waals surface area (Å²) in [5, 5.41) is 23.7. The van der Waals surface area contributed by atoms with Crippen molar-refractivity contribution in [2.45, 2.75) is 6.18 Å². The number of nitrogens with zero attached hydrogens (tertiary/aromatic N) is 4. The fraction of sp³-hybridized carbons (Fsp3) is 0.500. The number of hydrogen-bond acceptors (Lipinski definition) is 7. The van der Waals surface area contributed by atoms with E-state index in [1.54, 1.807) is 0 Å². The highest BCUT2D eigenvalue weighted by atomic mass is 19.4. The third kappa shape index (κ3) is 3.89. The van der Waals surface area contributed by atoms with Gasteiger partial charge in [0.2, 0.25) is 5.69 Å². The molecule has 0 aromatic heterocycles. The molecule has 1 aromatic carbocycles. The number of halogens is 3. The highest BCUT2D eigenvalue weighted by Gasteiger charge is 2.38. The average molecular weight is 349 g/mol. The Hall–Kier alpha value is -2.47. The maximum absolute atomic E-state index is 12.8. The van der Waals surface area contributed by atoms with Crippen molar-refractivity contribution in [2.24, 2.45) is 0 Å². The van der Waals surface area contributed by atoms with Gasteiger partial charge in [0.1, 0.15) is 0 Å². The van der Waals surface area contributed by atoms with Gasteiger partial charge in [0.15, 0.2) is 0 Å². The first-order valence-corrected chi connectivity index (χ1v) is 6.83. The number of nitrogens with one attached hydrogen (secondary N) is 1. The molecule has 1 aliphatic heterocycles. The van der Waals surface area contributed by atoms with Crippen molar-refractivity contribution in [1.29, 1.82) is 0 Å². The highest BCUT2D eigenvalue weighted by Crippen LogP contribution is 2.41. The van der Waals surface area contributed by atoms with E-state index in [0.29, 0.717) is 38.3 Å². The largest absolute Gasteiger partial charge is 0.416 e. The molecule has 1 N–H and O–H groups in total. The van der Waals surface area contributed by atoms with Crippen LogP contribution in [0.2, 0.25) is 0 Å². The first-order chi connectivity index (χ1) is 11.1. The molecule has 9 nitrogen and oxygen atoms in total. The molecule has 0 atom stereocenters. The molecule has 0 bridgehead atoms. The Kier molecular flexibility index (Phi) is 4.89. The zero-order valence-electron chi connectivity index (χ0n) is 12.5. The zero-order valence-corrected chi connectivity index (χ0v) is 12.5. The van der Waals surface area contributed by atoms with Gasteiger partial charge in [-0.15, -0.1) is 0 Å². The van der Waals surface area contributed by atoms with E-state index in [1.165, 1.54) is 5.01 Å². The molecular weight excluding hydrogens is 335 g/mol. The van der Waals surface area contributed by atoms with Crippen LogP contribution in [0, 0.1) is 20.2 Å². The number of likely N-dealkylation sites (N-methyl/N-ethyl adjacent to an activating group) is 1. The van der Waals surface area contributed by atoms with Gasteiger partial charge >= 0.3 is 17.6 Å². The van der Waals surface area contributed by atoms with Crippen LogP contribution >= 0.6 is 0 Å². The maximum atomic E-state index is 12.8. The van der Waals surface area contributed by atoms with Crippen molar-refractivity contribution < 1.29 is 23.0 Å². The Balaban J connectivity index is 2.47. The Morgan fingerprint density at radius 2 is 1.50 bits per heavy atom. The lowest BCUT2D eigenvalue weighted by molar-refractivity contribution is -0.392. The predicted molar refractivity (Wildman–Crippen MR) is 77.4 cm³/mol. The fourth-order valence-corrected chi connectivity index (χ4v) is 2.25. The van der Waals surface area contributed by atoms with Gasteiger partial charge in [0.25, 0.3) is 0 Å². The molecule has 1 saturated heterocycles. The molecule has 1 aliphatic rings. The second kappa shape index (κ2) is 6.57. The van der Waals surface area contributed by atoms with Gasteiger partial charge in [0.05, 0.1) is 15.4 Å². The molecule has 1 fully saturated rings. The summed E-state index contributed by atoms with van der Waals surface area (Å²) in [5.74, 6) is 0. The zero-order chi connectivity index (χ0) is 18.1. The number of alkyl halides is 3. The third-order valence-corrected chi connectivity index (χ3v) is 3.59. The van der Waals surface area contributed by atoms with Crippen LogP contribution < -0.4 is 5.43 Å². The van der Waals surface area contributed by atoms with E-state index in [2.05, 4.69) is 5.43 Å². The van der Waals surface area contributed by atoms with Crippen molar-refractivity contribution in [1.82, 2.24) is 9.91 Å². The maximum Gasteiger partial charge on any atom is 0.416 e. The molecule has 1 heterocycles. The SMILES string of the molecule is CN1CCN(Nc2c([N+](=O)[O-])cc(C(F)(F)F)cc2[N+](=O)[O-])CC1. The van der Waals surface area contributed by atoms with E-state index in [9.17, 15) is 33.4 Å². The quantitative estimate of drug-likeness (QED) is 0.655. The Bertz CT molecular complexity index is 624. The molecule has 0 amide bonds. The number of benzene rings is 1. The summed E-state index contributed by atoms with van der Waals surface area (Å²) in [6.45, 7) is 2.03. The van der Waals surface area contributed by atoms with Crippen molar-refractivity contribution in [3.63, 3.8) is 0 Å². The number of anilines is 1. The molecule has 0 radical (unpaired) electrons. The second-order valence-corrected chi connectivity index (χ2v) is 5.30. The lowest BCUT2D eigenvalue weighted by Crippen LogP contribution is -2.47. The number of nitro benzene ring substituents is 2. The van der Waals surface area contributed by atoms with E-state index < -0.39 is 38.6 Å². The molecule has 1 aromatic rings. The summed E-state index contributed by atoms with van der Waals surface area (Å²) in [5.41, 5.74) is -1.44. The summed E-state index contributed by atoms with van der Waals surface area (Å²) in [4.78, 5) is 22.1. The normalized spacial score (nSPS) is 16.8. The first-order valence-electron chi connectivity index (χ1n) is 6.83. The van der Waals surface area contributed by atoms with E-state index in [0.717, 1.165) is 0 Å².